The molecule has 0 spiro atoms. The third kappa shape index (κ3) is 1.86. The molecular weight excluding hydrogens is 279 g/mol. The molecule has 0 atom stereocenters. The Morgan fingerprint density at radius 2 is 2.06 bits per heavy atom. The Kier molecular flexibility index (Phi) is 2.78. The van der Waals surface area contributed by atoms with Gasteiger partial charge in [-0.1, -0.05) is 6.07 Å². The van der Waals surface area contributed by atoms with E-state index in [0.29, 0.717) is 4.47 Å². The lowest BCUT2D eigenvalue weighted by molar-refractivity contribution is 0.0663. The molecule has 0 amide bonds. The van der Waals surface area contributed by atoms with E-state index in [-0.39, 0.29) is 17.1 Å². The van der Waals surface area contributed by atoms with E-state index in [9.17, 15) is 9.18 Å². The van der Waals surface area contributed by atoms with Crippen molar-refractivity contribution in [1.82, 2.24) is 0 Å². The molecule has 1 aromatic carbocycles. The van der Waals surface area contributed by atoms with Gasteiger partial charge in [-0.15, -0.1) is 0 Å². The first-order valence-corrected chi connectivity index (χ1v) is 5.16. The van der Waals surface area contributed by atoms with Crippen LogP contribution in [0.4, 0.5) is 4.39 Å². The fourth-order valence-corrected chi connectivity index (χ4v) is 1.66. The Morgan fingerprint density at radius 1 is 1.31 bits per heavy atom. The van der Waals surface area contributed by atoms with Crippen molar-refractivity contribution < 1.29 is 18.7 Å². The van der Waals surface area contributed by atoms with Crippen LogP contribution >= 0.6 is 15.9 Å². The number of rotatable bonds is 2. The maximum atomic E-state index is 13.6. The number of carbonyl (C=O) groups is 1. The summed E-state index contributed by atoms with van der Waals surface area (Å²) in [7, 11) is 0. The van der Waals surface area contributed by atoms with Gasteiger partial charge in [0.1, 0.15) is 11.6 Å². The number of hydrogen-bond acceptors (Lipinski definition) is 2. The van der Waals surface area contributed by atoms with Gasteiger partial charge in [-0.3, -0.25) is 0 Å². The molecule has 0 saturated carbocycles. The van der Waals surface area contributed by atoms with E-state index in [0.717, 1.165) is 0 Å². The Morgan fingerprint density at radius 3 is 2.69 bits per heavy atom. The average Bonchev–Trinajstić information content (AvgIpc) is 2.71. The minimum atomic E-state index is -1.18. The maximum absolute atomic E-state index is 13.6. The van der Waals surface area contributed by atoms with Gasteiger partial charge in [-0.2, -0.15) is 0 Å². The highest BCUT2D eigenvalue weighted by molar-refractivity contribution is 9.10. The van der Waals surface area contributed by atoms with Crippen molar-refractivity contribution in [3.8, 4) is 11.3 Å². The summed E-state index contributed by atoms with van der Waals surface area (Å²) in [5.74, 6) is -1.68. The number of halogens is 2. The second-order valence-corrected chi connectivity index (χ2v) is 3.92. The highest BCUT2D eigenvalue weighted by Gasteiger charge is 2.14. The number of aromatic carboxylic acids is 1. The Balaban J connectivity index is 2.50. The first kappa shape index (κ1) is 10.9. The molecule has 1 heterocycles. The van der Waals surface area contributed by atoms with E-state index in [4.69, 9.17) is 9.52 Å². The van der Waals surface area contributed by atoms with Gasteiger partial charge in [0, 0.05) is 0 Å². The van der Waals surface area contributed by atoms with Gasteiger partial charge < -0.3 is 9.52 Å². The van der Waals surface area contributed by atoms with Crippen molar-refractivity contribution in [1.29, 1.82) is 0 Å². The first-order chi connectivity index (χ1) is 7.59. The number of furan rings is 1. The van der Waals surface area contributed by atoms with E-state index in [1.54, 1.807) is 12.1 Å². The van der Waals surface area contributed by atoms with Crippen LogP contribution in [0.1, 0.15) is 10.6 Å². The molecule has 0 radical (unpaired) electrons. The number of carboxylic acid groups (broad SMARTS) is 1. The van der Waals surface area contributed by atoms with Crippen molar-refractivity contribution >= 4 is 21.9 Å². The first-order valence-electron chi connectivity index (χ1n) is 4.37. The molecule has 5 heteroatoms. The van der Waals surface area contributed by atoms with Gasteiger partial charge in [0.2, 0.25) is 5.76 Å². The SMILES string of the molecule is O=C(O)c1ccc(-c2cccc(Br)c2F)o1. The number of carboxylic acids is 1. The summed E-state index contributed by atoms with van der Waals surface area (Å²) in [4.78, 5) is 10.6. The molecule has 82 valence electrons. The van der Waals surface area contributed by atoms with Gasteiger partial charge in [-0.25, -0.2) is 9.18 Å². The molecule has 0 aliphatic heterocycles. The lowest BCUT2D eigenvalue weighted by atomic mass is 10.1. The highest BCUT2D eigenvalue weighted by atomic mass is 79.9. The predicted octanol–water partition coefficient (Wildman–Crippen LogP) is 3.55. The molecule has 1 aromatic heterocycles. The van der Waals surface area contributed by atoms with Crippen LogP contribution in [0, 0.1) is 5.82 Å². The van der Waals surface area contributed by atoms with Crippen LogP contribution in [0.15, 0.2) is 39.2 Å². The van der Waals surface area contributed by atoms with Crippen molar-refractivity contribution in [3.63, 3.8) is 0 Å². The summed E-state index contributed by atoms with van der Waals surface area (Å²) >= 11 is 3.05. The minimum absolute atomic E-state index is 0.191. The second-order valence-electron chi connectivity index (χ2n) is 3.07. The molecule has 0 fully saturated rings. The van der Waals surface area contributed by atoms with Crippen LogP contribution in [0.25, 0.3) is 11.3 Å². The van der Waals surface area contributed by atoms with E-state index in [2.05, 4.69) is 15.9 Å². The van der Waals surface area contributed by atoms with Crippen LogP contribution in [-0.2, 0) is 0 Å². The zero-order valence-electron chi connectivity index (χ0n) is 7.91. The smallest absolute Gasteiger partial charge is 0.371 e. The zero-order valence-corrected chi connectivity index (χ0v) is 9.49. The van der Waals surface area contributed by atoms with Gasteiger partial charge in [-0.05, 0) is 40.2 Å². The monoisotopic (exact) mass is 284 g/mol. The summed E-state index contributed by atoms with van der Waals surface area (Å²) < 4.78 is 19.0. The normalized spacial score (nSPS) is 10.4. The Labute approximate surface area is 98.6 Å². The molecule has 2 aromatic rings. The topological polar surface area (TPSA) is 50.4 Å². The van der Waals surface area contributed by atoms with Crippen LogP contribution in [0.3, 0.4) is 0 Å². The van der Waals surface area contributed by atoms with E-state index >= 15 is 0 Å². The van der Waals surface area contributed by atoms with Crippen LogP contribution < -0.4 is 0 Å². The fourth-order valence-electron chi connectivity index (χ4n) is 1.29. The van der Waals surface area contributed by atoms with Crippen molar-refractivity contribution in [2.45, 2.75) is 0 Å². The standard InChI is InChI=1S/C11H6BrFO3/c12-7-3-1-2-6(10(7)13)8-4-5-9(16-8)11(14)15/h1-5H,(H,14,15). The zero-order chi connectivity index (χ0) is 11.7. The number of benzene rings is 1. The maximum Gasteiger partial charge on any atom is 0.371 e. The average molecular weight is 285 g/mol. The van der Waals surface area contributed by atoms with Crippen molar-refractivity contribution in [2.75, 3.05) is 0 Å². The largest absolute Gasteiger partial charge is 0.475 e. The second kappa shape index (κ2) is 4.09. The number of hydrogen-bond donors (Lipinski definition) is 1. The lowest BCUT2D eigenvalue weighted by Gasteiger charge is -2.00. The van der Waals surface area contributed by atoms with E-state index < -0.39 is 11.8 Å². The lowest BCUT2D eigenvalue weighted by Crippen LogP contribution is -1.91. The van der Waals surface area contributed by atoms with Crippen LogP contribution in [-0.4, -0.2) is 11.1 Å². The Bertz CT molecular complexity index is 548. The fraction of sp³-hybridized carbons (Fsp3) is 0. The third-order valence-corrected chi connectivity index (χ3v) is 2.65. The van der Waals surface area contributed by atoms with Gasteiger partial charge in [0.15, 0.2) is 0 Å². The molecule has 0 aliphatic rings. The van der Waals surface area contributed by atoms with Gasteiger partial charge >= 0.3 is 5.97 Å². The molecule has 0 saturated heterocycles. The summed E-state index contributed by atoms with van der Waals surface area (Å²) in [6, 6.07) is 7.43. The van der Waals surface area contributed by atoms with Crippen LogP contribution in [0.5, 0.6) is 0 Å². The van der Waals surface area contributed by atoms with E-state index in [1.807, 2.05) is 0 Å². The summed E-state index contributed by atoms with van der Waals surface area (Å²) in [6.07, 6.45) is 0. The molecule has 1 N–H and O–H groups in total. The molecule has 0 bridgehead atoms. The third-order valence-electron chi connectivity index (χ3n) is 2.03. The molecular formula is C11H6BrFO3. The van der Waals surface area contributed by atoms with Gasteiger partial charge in [0.05, 0.1) is 10.0 Å². The summed E-state index contributed by atoms with van der Waals surface area (Å²) in [5, 5.41) is 8.67. The van der Waals surface area contributed by atoms with Crippen molar-refractivity contribution in [3.05, 3.63) is 46.4 Å². The molecule has 0 aliphatic carbocycles. The predicted molar refractivity (Wildman–Crippen MR) is 58.8 cm³/mol. The van der Waals surface area contributed by atoms with E-state index in [1.165, 1.54) is 18.2 Å². The molecule has 0 unspecified atom stereocenters. The van der Waals surface area contributed by atoms with Crippen LogP contribution in [0.2, 0.25) is 0 Å². The quantitative estimate of drug-likeness (QED) is 0.918. The molecule has 3 nitrogen and oxygen atoms in total. The Hall–Kier alpha value is -1.62. The minimum Gasteiger partial charge on any atom is -0.475 e. The highest BCUT2D eigenvalue weighted by Crippen LogP contribution is 2.29. The summed E-state index contributed by atoms with van der Waals surface area (Å²) in [6.45, 7) is 0. The molecule has 16 heavy (non-hydrogen) atoms. The van der Waals surface area contributed by atoms with Crippen molar-refractivity contribution in [2.24, 2.45) is 0 Å². The summed E-state index contributed by atoms with van der Waals surface area (Å²) in [5.41, 5.74) is 0.224. The van der Waals surface area contributed by atoms with Gasteiger partial charge in [0.25, 0.3) is 0 Å². The molecule has 2 rings (SSSR count).